The Labute approximate surface area is 73.3 Å². The summed E-state index contributed by atoms with van der Waals surface area (Å²) in [6, 6.07) is 0. The number of carboxylic acid groups (broad SMARTS) is 1. The van der Waals surface area contributed by atoms with E-state index in [9.17, 15) is 4.79 Å². The third kappa shape index (κ3) is 2.68. The molecule has 1 fully saturated rings. The molecule has 0 heterocycles. The van der Waals surface area contributed by atoms with Gasteiger partial charge in [-0.15, -0.1) is 6.58 Å². The molecule has 1 saturated carbocycles. The van der Waals surface area contributed by atoms with Gasteiger partial charge in [-0.25, -0.2) is 0 Å². The van der Waals surface area contributed by atoms with E-state index in [2.05, 4.69) is 6.58 Å². The summed E-state index contributed by atoms with van der Waals surface area (Å²) >= 11 is 0. The van der Waals surface area contributed by atoms with Crippen molar-refractivity contribution in [3.63, 3.8) is 0 Å². The molecule has 0 aromatic heterocycles. The molecule has 0 unspecified atom stereocenters. The zero-order valence-corrected chi connectivity index (χ0v) is 7.33. The zero-order chi connectivity index (χ0) is 8.97. The highest BCUT2D eigenvalue weighted by atomic mass is 16.4. The van der Waals surface area contributed by atoms with Gasteiger partial charge in [-0.1, -0.05) is 6.08 Å². The van der Waals surface area contributed by atoms with Gasteiger partial charge in [0.05, 0.1) is 0 Å². The van der Waals surface area contributed by atoms with Crippen LogP contribution in [0, 0.1) is 11.8 Å². The van der Waals surface area contributed by atoms with Crippen LogP contribution in [-0.4, -0.2) is 11.1 Å². The first kappa shape index (κ1) is 9.30. The summed E-state index contributed by atoms with van der Waals surface area (Å²) < 4.78 is 0. The number of carbonyl (C=O) groups is 1. The van der Waals surface area contributed by atoms with E-state index in [1.807, 2.05) is 6.08 Å². The molecule has 0 aliphatic heterocycles. The van der Waals surface area contributed by atoms with Gasteiger partial charge >= 0.3 is 5.97 Å². The Kier molecular flexibility index (Phi) is 3.32. The monoisotopic (exact) mass is 168 g/mol. The molecule has 0 radical (unpaired) electrons. The lowest BCUT2D eigenvalue weighted by atomic mass is 9.81. The van der Waals surface area contributed by atoms with Crippen molar-refractivity contribution in [2.75, 3.05) is 0 Å². The fourth-order valence-electron chi connectivity index (χ4n) is 1.88. The predicted molar refractivity (Wildman–Crippen MR) is 47.9 cm³/mol. The van der Waals surface area contributed by atoms with Gasteiger partial charge < -0.3 is 5.11 Å². The summed E-state index contributed by atoms with van der Waals surface area (Å²) in [6.07, 6.45) is 6.72. The van der Waals surface area contributed by atoms with Crippen LogP contribution in [0.4, 0.5) is 0 Å². The van der Waals surface area contributed by atoms with Gasteiger partial charge in [0.25, 0.3) is 0 Å². The maximum absolute atomic E-state index is 10.4. The van der Waals surface area contributed by atoms with E-state index in [1.165, 1.54) is 0 Å². The molecule has 0 bridgehead atoms. The van der Waals surface area contributed by atoms with Crippen molar-refractivity contribution < 1.29 is 9.90 Å². The summed E-state index contributed by atoms with van der Waals surface area (Å²) in [5.74, 6) is 0.394. The molecule has 2 heteroatoms. The summed E-state index contributed by atoms with van der Waals surface area (Å²) in [7, 11) is 0. The first-order chi connectivity index (χ1) is 5.72. The Morgan fingerprint density at radius 2 is 2.00 bits per heavy atom. The molecule has 12 heavy (non-hydrogen) atoms. The third-order valence-corrected chi connectivity index (χ3v) is 2.69. The molecule has 0 spiro atoms. The first-order valence-corrected chi connectivity index (χ1v) is 4.56. The van der Waals surface area contributed by atoms with Crippen molar-refractivity contribution in [2.45, 2.75) is 32.1 Å². The molecule has 1 aliphatic carbocycles. The number of carboxylic acids is 1. The van der Waals surface area contributed by atoms with Crippen LogP contribution in [0.5, 0.6) is 0 Å². The van der Waals surface area contributed by atoms with Crippen LogP contribution >= 0.6 is 0 Å². The highest BCUT2D eigenvalue weighted by Crippen LogP contribution is 2.30. The highest BCUT2D eigenvalue weighted by molar-refractivity contribution is 5.67. The molecule has 1 aliphatic rings. The van der Waals surface area contributed by atoms with E-state index >= 15 is 0 Å². The number of hydrogen-bond acceptors (Lipinski definition) is 1. The molecule has 0 aromatic rings. The van der Waals surface area contributed by atoms with Gasteiger partial charge in [-0.05, 0) is 37.5 Å². The van der Waals surface area contributed by atoms with E-state index < -0.39 is 5.97 Å². The Balaban J connectivity index is 2.26. The third-order valence-electron chi connectivity index (χ3n) is 2.69. The molecule has 1 N–H and O–H groups in total. The molecular formula is C10H16O2. The molecule has 1 rings (SSSR count). The topological polar surface area (TPSA) is 37.3 Å². The van der Waals surface area contributed by atoms with Crippen molar-refractivity contribution in [2.24, 2.45) is 11.8 Å². The molecule has 0 amide bonds. The number of hydrogen-bond donors (Lipinski definition) is 1. The standard InChI is InChI=1S/C10H16O2/c1-2-8-3-5-9(6-4-8)7-10(11)12/h2,8-9H,1,3-7H2,(H,11,12). The van der Waals surface area contributed by atoms with Gasteiger partial charge in [0.2, 0.25) is 0 Å². The molecule has 2 nitrogen and oxygen atoms in total. The van der Waals surface area contributed by atoms with E-state index in [1.54, 1.807) is 0 Å². The minimum absolute atomic E-state index is 0.351. The smallest absolute Gasteiger partial charge is 0.303 e. The summed E-state index contributed by atoms with van der Waals surface area (Å²) in [4.78, 5) is 10.4. The van der Waals surface area contributed by atoms with Crippen LogP contribution in [0.25, 0.3) is 0 Å². The van der Waals surface area contributed by atoms with Crippen molar-refractivity contribution >= 4 is 5.97 Å². The van der Waals surface area contributed by atoms with Gasteiger partial charge in [0.1, 0.15) is 0 Å². The van der Waals surface area contributed by atoms with Crippen LogP contribution in [-0.2, 0) is 4.79 Å². The van der Waals surface area contributed by atoms with Crippen molar-refractivity contribution in [1.29, 1.82) is 0 Å². The maximum Gasteiger partial charge on any atom is 0.303 e. The van der Waals surface area contributed by atoms with E-state index in [0.717, 1.165) is 25.7 Å². The van der Waals surface area contributed by atoms with E-state index in [0.29, 0.717) is 18.3 Å². The van der Waals surface area contributed by atoms with Crippen LogP contribution in [0.2, 0.25) is 0 Å². The van der Waals surface area contributed by atoms with Crippen LogP contribution in [0.3, 0.4) is 0 Å². The Morgan fingerprint density at radius 1 is 1.42 bits per heavy atom. The molecule has 0 saturated heterocycles. The molecule has 68 valence electrons. The molecular weight excluding hydrogens is 152 g/mol. The Bertz CT molecular complexity index is 167. The quantitative estimate of drug-likeness (QED) is 0.657. The number of rotatable bonds is 3. The van der Waals surface area contributed by atoms with Crippen molar-refractivity contribution in [1.82, 2.24) is 0 Å². The maximum atomic E-state index is 10.4. The summed E-state index contributed by atoms with van der Waals surface area (Å²) in [5, 5.41) is 8.57. The van der Waals surface area contributed by atoms with Crippen LogP contribution < -0.4 is 0 Å². The summed E-state index contributed by atoms with van der Waals surface area (Å²) in [6.45, 7) is 3.75. The largest absolute Gasteiger partial charge is 0.481 e. The number of aliphatic carboxylic acids is 1. The fraction of sp³-hybridized carbons (Fsp3) is 0.700. The lowest BCUT2D eigenvalue weighted by Gasteiger charge is -2.25. The molecule has 0 atom stereocenters. The average Bonchev–Trinajstić information content (AvgIpc) is 2.05. The fourth-order valence-corrected chi connectivity index (χ4v) is 1.88. The Hall–Kier alpha value is -0.790. The lowest BCUT2D eigenvalue weighted by Crippen LogP contribution is -2.15. The van der Waals surface area contributed by atoms with Gasteiger partial charge in [0.15, 0.2) is 0 Å². The average molecular weight is 168 g/mol. The second-order valence-electron chi connectivity index (χ2n) is 3.61. The van der Waals surface area contributed by atoms with Gasteiger partial charge in [0, 0.05) is 6.42 Å². The minimum Gasteiger partial charge on any atom is -0.481 e. The minimum atomic E-state index is -0.656. The van der Waals surface area contributed by atoms with Crippen LogP contribution in [0.1, 0.15) is 32.1 Å². The van der Waals surface area contributed by atoms with E-state index in [4.69, 9.17) is 5.11 Å². The van der Waals surface area contributed by atoms with Crippen LogP contribution in [0.15, 0.2) is 12.7 Å². The van der Waals surface area contributed by atoms with E-state index in [-0.39, 0.29) is 0 Å². The SMILES string of the molecule is C=CC1CCC(CC(=O)O)CC1. The number of allylic oxidation sites excluding steroid dienone is 1. The second kappa shape index (κ2) is 4.29. The van der Waals surface area contributed by atoms with Gasteiger partial charge in [-0.3, -0.25) is 4.79 Å². The first-order valence-electron chi connectivity index (χ1n) is 4.56. The van der Waals surface area contributed by atoms with Crippen molar-refractivity contribution in [3.8, 4) is 0 Å². The van der Waals surface area contributed by atoms with Gasteiger partial charge in [-0.2, -0.15) is 0 Å². The highest BCUT2D eigenvalue weighted by Gasteiger charge is 2.20. The second-order valence-corrected chi connectivity index (χ2v) is 3.61. The summed E-state index contributed by atoms with van der Waals surface area (Å²) in [5.41, 5.74) is 0. The Morgan fingerprint density at radius 3 is 2.42 bits per heavy atom. The zero-order valence-electron chi connectivity index (χ0n) is 7.33. The lowest BCUT2D eigenvalue weighted by molar-refractivity contribution is -0.138. The predicted octanol–water partition coefficient (Wildman–Crippen LogP) is 2.45. The normalized spacial score (nSPS) is 29.7. The van der Waals surface area contributed by atoms with Crippen molar-refractivity contribution in [3.05, 3.63) is 12.7 Å². The molecule has 0 aromatic carbocycles.